The van der Waals surface area contributed by atoms with Crippen molar-refractivity contribution in [3.05, 3.63) is 28.1 Å². The van der Waals surface area contributed by atoms with Crippen LogP contribution in [0.3, 0.4) is 0 Å². The molecule has 2 heterocycles. The van der Waals surface area contributed by atoms with Gasteiger partial charge in [-0.25, -0.2) is 0 Å². The number of ether oxygens (including phenoxy) is 1. The van der Waals surface area contributed by atoms with E-state index in [-0.39, 0.29) is 18.7 Å². The van der Waals surface area contributed by atoms with Gasteiger partial charge >= 0.3 is 0 Å². The summed E-state index contributed by atoms with van der Waals surface area (Å²) in [5, 5.41) is 38.2. The smallest absolute Gasteiger partial charge is 0.269 e. The van der Waals surface area contributed by atoms with Crippen LogP contribution < -0.4 is 5.32 Å². The van der Waals surface area contributed by atoms with Gasteiger partial charge in [0.05, 0.1) is 6.10 Å². The Labute approximate surface area is 112 Å². The van der Waals surface area contributed by atoms with Crippen molar-refractivity contribution in [2.45, 2.75) is 31.0 Å². The van der Waals surface area contributed by atoms with Crippen molar-refractivity contribution in [2.24, 2.45) is 0 Å². The minimum Gasteiger partial charge on any atom is -0.381 e. The third kappa shape index (κ3) is 3.10. The Morgan fingerprint density at radius 3 is 3.00 bits per heavy atom. The molecule has 20 heavy (non-hydrogen) atoms. The van der Waals surface area contributed by atoms with Gasteiger partial charge in [-0.15, -0.1) is 0 Å². The first-order valence-corrected chi connectivity index (χ1v) is 5.91. The molecule has 4 N–H and O–H groups in total. The molecule has 0 radical (unpaired) electrons. The van der Waals surface area contributed by atoms with Crippen LogP contribution in [0.1, 0.15) is 16.9 Å². The van der Waals surface area contributed by atoms with Gasteiger partial charge in [0.15, 0.2) is 12.4 Å². The van der Waals surface area contributed by atoms with Gasteiger partial charge < -0.3 is 20.3 Å². The maximum Gasteiger partial charge on any atom is 0.269 e. The first kappa shape index (κ1) is 14.4. The third-order valence-corrected chi connectivity index (χ3v) is 3.03. The van der Waals surface area contributed by atoms with Crippen LogP contribution in [-0.4, -0.2) is 62.3 Å². The SMILES string of the molecule is O=C(NC[C@@H]1CC([N+](=O)[O-])C(O)[C@H](O)O1)c1ccn[nH]1. The molecule has 2 unspecified atom stereocenters. The largest absolute Gasteiger partial charge is 0.381 e. The number of nitrogens with one attached hydrogen (secondary N) is 2. The number of hydrogen-bond donors (Lipinski definition) is 4. The van der Waals surface area contributed by atoms with Gasteiger partial charge in [-0.3, -0.25) is 20.0 Å². The Hall–Kier alpha value is -2.04. The van der Waals surface area contributed by atoms with E-state index < -0.39 is 35.4 Å². The molecule has 10 heteroatoms. The molecule has 1 saturated heterocycles. The van der Waals surface area contributed by atoms with Crippen LogP contribution in [0.25, 0.3) is 0 Å². The Balaban J connectivity index is 1.90. The number of aliphatic hydroxyl groups excluding tert-OH is 2. The fourth-order valence-electron chi connectivity index (χ4n) is 1.96. The van der Waals surface area contributed by atoms with E-state index in [1.165, 1.54) is 12.3 Å². The Morgan fingerprint density at radius 1 is 1.65 bits per heavy atom. The number of carbonyl (C=O) groups excluding carboxylic acids is 1. The highest BCUT2D eigenvalue weighted by Gasteiger charge is 2.43. The molecule has 1 fully saturated rings. The van der Waals surface area contributed by atoms with Gasteiger partial charge in [0.25, 0.3) is 5.91 Å². The van der Waals surface area contributed by atoms with E-state index in [2.05, 4.69) is 15.5 Å². The lowest BCUT2D eigenvalue weighted by atomic mass is 10.00. The number of hydrogen-bond acceptors (Lipinski definition) is 7. The summed E-state index contributed by atoms with van der Waals surface area (Å²) >= 11 is 0. The molecule has 0 saturated carbocycles. The van der Waals surface area contributed by atoms with E-state index in [0.29, 0.717) is 0 Å². The molecule has 0 bridgehead atoms. The Bertz CT molecular complexity index is 478. The molecule has 1 aromatic heterocycles. The van der Waals surface area contributed by atoms with E-state index in [1.54, 1.807) is 0 Å². The zero-order valence-corrected chi connectivity index (χ0v) is 10.3. The zero-order chi connectivity index (χ0) is 14.7. The van der Waals surface area contributed by atoms with Gasteiger partial charge in [-0.1, -0.05) is 0 Å². The topological polar surface area (TPSA) is 151 Å². The lowest BCUT2D eigenvalue weighted by molar-refractivity contribution is -0.550. The van der Waals surface area contributed by atoms with Crippen molar-refractivity contribution >= 4 is 5.91 Å². The molecule has 0 aliphatic carbocycles. The normalized spacial score (nSPS) is 29.9. The second-order valence-electron chi connectivity index (χ2n) is 4.41. The summed E-state index contributed by atoms with van der Waals surface area (Å²) in [5.41, 5.74) is 0.243. The predicted octanol–water partition coefficient (Wildman–Crippen LogP) is -1.75. The van der Waals surface area contributed by atoms with Crippen LogP contribution >= 0.6 is 0 Å². The molecule has 0 aromatic carbocycles. The van der Waals surface area contributed by atoms with Crippen molar-refractivity contribution in [1.82, 2.24) is 15.5 Å². The fraction of sp³-hybridized carbons (Fsp3) is 0.600. The van der Waals surface area contributed by atoms with Crippen molar-refractivity contribution in [3.63, 3.8) is 0 Å². The van der Waals surface area contributed by atoms with Gasteiger partial charge in [-0.2, -0.15) is 5.10 Å². The van der Waals surface area contributed by atoms with Crippen molar-refractivity contribution in [2.75, 3.05) is 6.54 Å². The molecule has 2 rings (SSSR count). The standard InChI is InChI=1S/C10H14N4O6/c15-8-7(14(18)19)3-5(20-10(8)17)4-11-9(16)6-1-2-12-13-6/h1-2,5,7-8,10,15,17H,3-4H2,(H,11,16)(H,12,13)/t5-,7?,8?,10+/m0/s1. The van der Waals surface area contributed by atoms with Crippen LogP contribution in [0.4, 0.5) is 0 Å². The van der Waals surface area contributed by atoms with E-state index in [9.17, 15) is 25.1 Å². The van der Waals surface area contributed by atoms with E-state index in [0.717, 1.165) is 0 Å². The number of amides is 1. The van der Waals surface area contributed by atoms with Crippen LogP contribution in [0, 0.1) is 10.1 Å². The van der Waals surface area contributed by atoms with E-state index in [1.807, 2.05) is 0 Å². The summed E-state index contributed by atoms with van der Waals surface area (Å²) in [6.45, 7) is -0.0219. The molecule has 1 amide bonds. The molecule has 110 valence electrons. The second-order valence-corrected chi connectivity index (χ2v) is 4.41. The fourth-order valence-corrected chi connectivity index (χ4v) is 1.96. The van der Waals surface area contributed by atoms with E-state index >= 15 is 0 Å². The van der Waals surface area contributed by atoms with Crippen LogP contribution in [0.2, 0.25) is 0 Å². The van der Waals surface area contributed by atoms with Crippen LogP contribution in [0.15, 0.2) is 12.3 Å². The monoisotopic (exact) mass is 286 g/mol. The molecule has 4 atom stereocenters. The number of aromatic nitrogens is 2. The molecule has 1 aliphatic heterocycles. The molecular weight excluding hydrogens is 272 g/mol. The lowest BCUT2D eigenvalue weighted by Gasteiger charge is -2.32. The molecule has 10 nitrogen and oxygen atoms in total. The summed E-state index contributed by atoms with van der Waals surface area (Å²) in [6.07, 6.45) is -2.67. The first-order chi connectivity index (χ1) is 9.49. The number of aromatic amines is 1. The maximum absolute atomic E-state index is 11.6. The van der Waals surface area contributed by atoms with Gasteiger partial charge in [0, 0.05) is 24.1 Å². The van der Waals surface area contributed by atoms with E-state index in [4.69, 9.17) is 4.74 Å². The molecule has 0 spiro atoms. The quantitative estimate of drug-likeness (QED) is 0.378. The number of nitrogens with zero attached hydrogens (tertiary/aromatic N) is 2. The summed E-state index contributed by atoms with van der Waals surface area (Å²) < 4.78 is 5.01. The number of rotatable bonds is 4. The van der Waals surface area contributed by atoms with Crippen LogP contribution in [-0.2, 0) is 4.74 Å². The summed E-state index contributed by atoms with van der Waals surface area (Å²) in [7, 11) is 0. The number of H-pyrrole nitrogens is 1. The van der Waals surface area contributed by atoms with Gasteiger partial charge in [-0.05, 0) is 6.07 Å². The number of aliphatic hydroxyl groups is 2. The maximum atomic E-state index is 11.6. The molecular formula is C10H14N4O6. The Morgan fingerprint density at radius 2 is 2.40 bits per heavy atom. The first-order valence-electron chi connectivity index (χ1n) is 5.91. The third-order valence-electron chi connectivity index (χ3n) is 3.03. The summed E-state index contributed by atoms with van der Waals surface area (Å²) in [5.74, 6) is -0.440. The minimum atomic E-state index is -1.65. The van der Waals surface area contributed by atoms with Crippen molar-refractivity contribution in [3.8, 4) is 0 Å². The van der Waals surface area contributed by atoms with Gasteiger partial charge in [0.2, 0.25) is 6.04 Å². The van der Waals surface area contributed by atoms with Gasteiger partial charge in [0.1, 0.15) is 5.69 Å². The Kier molecular flexibility index (Phi) is 4.27. The highest BCUT2D eigenvalue weighted by molar-refractivity contribution is 5.92. The second kappa shape index (κ2) is 5.94. The predicted molar refractivity (Wildman–Crippen MR) is 63.2 cm³/mol. The lowest BCUT2D eigenvalue weighted by Crippen LogP contribution is -2.53. The zero-order valence-electron chi connectivity index (χ0n) is 10.3. The average Bonchev–Trinajstić information content (AvgIpc) is 2.93. The highest BCUT2D eigenvalue weighted by Crippen LogP contribution is 2.20. The number of nitro groups is 1. The molecule has 1 aliphatic rings. The summed E-state index contributed by atoms with van der Waals surface area (Å²) in [4.78, 5) is 21.7. The minimum absolute atomic E-state index is 0.0219. The average molecular weight is 286 g/mol. The summed E-state index contributed by atoms with van der Waals surface area (Å²) in [6, 6.07) is 0.142. The molecule has 1 aromatic rings. The van der Waals surface area contributed by atoms with Crippen molar-refractivity contribution < 1.29 is 24.7 Å². The van der Waals surface area contributed by atoms with Crippen molar-refractivity contribution in [1.29, 1.82) is 0 Å². The number of carbonyl (C=O) groups is 1. The highest BCUT2D eigenvalue weighted by atomic mass is 16.6. The van der Waals surface area contributed by atoms with Crippen LogP contribution in [0.5, 0.6) is 0 Å².